The van der Waals surface area contributed by atoms with Crippen LogP contribution in [0.5, 0.6) is 5.75 Å². The number of nitrogens with zero attached hydrogens (tertiary/aromatic N) is 1. The van der Waals surface area contributed by atoms with Gasteiger partial charge < -0.3 is 14.9 Å². The van der Waals surface area contributed by atoms with Crippen LogP contribution < -0.4 is 16.1 Å². The van der Waals surface area contributed by atoms with Crippen molar-refractivity contribution in [2.24, 2.45) is 17.1 Å². The fraction of sp³-hybridized carbons (Fsp3) is 0.300. The van der Waals surface area contributed by atoms with Crippen LogP contribution in [-0.4, -0.2) is 0 Å². The Hall–Kier alpha value is -3.00. The number of para-hydroxylation sites is 1. The van der Waals surface area contributed by atoms with E-state index < -0.39 is 11.5 Å². The Morgan fingerprint density at radius 1 is 1.32 bits per heavy atom. The van der Waals surface area contributed by atoms with E-state index in [2.05, 4.69) is 18.2 Å². The normalized spacial score (nSPS) is 29.6. The Balaban J connectivity index is 1.85. The minimum atomic E-state index is -0.447. The molecule has 25 heavy (non-hydrogen) atoms. The average Bonchev–Trinajstić information content (AvgIpc) is 3.23. The van der Waals surface area contributed by atoms with Crippen LogP contribution in [0.2, 0.25) is 0 Å². The Bertz CT molecular complexity index is 1070. The van der Waals surface area contributed by atoms with Gasteiger partial charge in [-0.2, -0.15) is 5.26 Å². The van der Waals surface area contributed by atoms with Gasteiger partial charge in [0.15, 0.2) is 5.75 Å². The van der Waals surface area contributed by atoms with Crippen molar-refractivity contribution in [2.75, 3.05) is 0 Å². The molecule has 2 heterocycles. The van der Waals surface area contributed by atoms with Crippen molar-refractivity contribution in [1.29, 1.82) is 5.26 Å². The highest BCUT2D eigenvalue weighted by molar-refractivity contribution is 5.85. The first-order valence-electron chi connectivity index (χ1n) is 8.46. The lowest BCUT2D eigenvalue weighted by molar-refractivity contribution is 0.299. The smallest absolute Gasteiger partial charge is 0.343 e. The summed E-state index contributed by atoms with van der Waals surface area (Å²) in [5, 5.41) is 10.4. The summed E-state index contributed by atoms with van der Waals surface area (Å²) >= 11 is 0. The molecular formula is C20H16N2O3. The van der Waals surface area contributed by atoms with Gasteiger partial charge in [-0.3, -0.25) is 0 Å². The standard InChI is InChI=1S/C20H16N2O3/c21-10-13-16(20-7-5-11(9-20)6-8-20)15-17(25-18(13)22)12-3-1-2-4-14(12)24-19(15)23/h1-5,7,11,16H,6,8-9,22H2/t11-,16?,20-/m1/s1. The Labute approximate surface area is 144 Å². The van der Waals surface area contributed by atoms with E-state index in [9.17, 15) is 10.1 Å². The van der Waals surface area contributed by atoms with Crippen molar-refractivity contribution < 1.29 is 9.15 Å². The molecule has 0 spiro atoms. The summed E-state index contributed by atoms with van der Waals surface area (Å²) in [4.78, 5) is 12.8. The minimum absolute atomic E-state index is 0.0916. The number of rotatable bonds is 1. The molecule has 3 atom stereocenters. The van der Waals surface area contributed by atoms with Crippen molar-refractivity contribution in [3.05, 3.63) is 63.9 Å². The lowest BCUT2D eigenvalue weighted by Gasteiger charge is -2.36. The molecule has 5 nitrogen and oxygen atoms in total. The van der Waals surface area contributed by atoms with Crippen LogP contribution in [0.3, 0.4) is 0 Å². The van der Waals surface area contributed by atoms with Crippen LogP contribution in [0.15, 0.2) is 57.1 Å². The highest BCUT2D eigenvalue weighted by Gasteiger charge is 2.52. The number of hydrogen-bond donors (Lipinski definition) is 1. The molecule has 1 aromatic carbocycles. The number of hydrogen-bond acceptors (Lipinski definition) is 5. The molecule has 1 unspecified atom stereocenters. The predicted octanol–water partition coefficient (Wildman–Crippen LogP) is 3.32. The second kappa shape index (κ2) is 4.76. The molecule has 1 aliphatic heterocycles. The highest BCUT2D eigenvalue weighted by atomic mass is 16.5. The Kier molecular flexibility index (Phi) is 2.73. The lowest BCUT2D eigenvalue weighted by atomic mass is 9.67. The van der Waals surface area contributed by atoms with Gasteiger partial charge in [-0.15, -0.1) is 0 Å². The summed E-state index contributed by atoms with van der Waals surface area (Å²) in [6, 6.07) is 9.43. The molecule has 2 aliphatic carbocycles. The molecular weight excluding hydrogens is 316 g/mol. The zero-order valence-corrected chi connectivity index (χ0v) is 13.5. The van der Waals surface area contributed by atoms with Gasteiger partial charge in [0.1, 0.15) is 11.7 Å². The Morgan fingerprint density at radius 3 is 2.84 bits per heavy atom. The van der Waals surface area contributed by atoms with Crippen molar-refractivity contribution in [1.82, 2.24) is 0 Å². The van der Waals surface area contributed by atoms with E-state index in [4.69, 9.17) is 14.9 Å². The molecule has 3 aliphatic rings. The maximum absolute atomic E-state index is 12.8. The third kappa shape index (κ3) is 1.79. The molecule has 1 aromatic heterocycles. The van der Waals surface area contributed by atoms with Crippen molar-refractivity contribution in [3.8, 4) is 11.8 Å². The molecule has 2 N–H and O–H groups in total. The SMILES string of the molecule is N#CC1=C(N)Oc2c(c(=O)oc3ccccc23)C1[C@]12C=C[C@H](CC1)C2. The van der Waals surface area contributed by atoms with Gasteiger partial charge in [-0.1, -0.05) is 24.3 Å². The number of fused-ring (bicyclic) bond motifs is 5. The van der Waals surface area contributed by atoms with Crippen LogP contribution in [0.25, 0.3) is 11.0 Å². The Morgan fingerprint density at radius 2 is 2.16 bits per heavy atom. The molecule has 2 aromatic rings. The van der Waals surface area contributed by atoms with Gasteiger partial charge in [0.25, 0.3) is 0 Å². The average molecular weight is 332 g/mol. The quantitative estimate of drug-likeness (QED) is 0.639. The van der Waals surface area contributed by atoms with E-state index in [1.807, 2.05) is 12.1 Å². The summed E-state index contributed by atoms with van der Waals surface area (Å²) in [6.07, 6.45) is 7.30. The molecule has 0 amide bonds. The molecule has 5 heteroatoms. The van der Waals surface area contributed by atoms with E-state index in [0.29, 0.717) is 33.8 Å². The fourth-order valence-electron chi connectivity index (χ4n) is 4.79. The number of nitriles is 1. The monoisotopic (exact) mass is 332 g/mol. The van der Waals surface area contributed by atoms with Gasteiger partial charge in [0, 0.05) is 11.3 Å². The number of nitrogens with two attached hydrogens (primary N) is 1. The maximum atomic E-state index is 12.8. The van der Waals surface area contributed by atoms with Crippen molar-refractivity contribution >= 4 is 11.0 Å². The summed E-state index contributed by atoms with van der Waals surface area (Å²) in [5.74, 6) is 0.631. The maximum Gasteiger partial charge on any atom is 0.343 e. The second-order valence-electron chi connectivity index (χ2n) is 7.15. The van der Waals surface area contributed by atoms with Crippen LogP contribution in [0.1, 0.15) is 30.7 Å². The van der Waals surface area contributed by atoms with E-state index >= 15 is 0 Å². The summed E-state index contributed by atoms with van der Waals surface area (Å²) in [5.41, 5.74) is 6.63. The molecule has 2 bridgehead atoms. The summed E-state index contributed by atoms with van der Waals surface area (Å²) in [7, 11) is 0. The second-order valence-corrected chi connectivity index (χ2v) is 7.15. The largest absolute Gasteiger partial charge is 0.439 e. The number of allylic oxidation sites excluding steroid dienone is 3. The first-order valence-corrected chi connectivity index (χ1v) is 8.46. The third-order valence-electron chi connectivity index (χ3n) is 5.87. The molecule has 1 saturated carbocycles. The van der Waals surface area contributed by atoms with Crippen LogP contribution in [0.4, 0.5) is 0 Å². The van der Waals surface area contributed by atoms with Gasteiger partial charge in [-0.05, 0) is 37.3 Å². The van der Waals surface area contributed by atoms with E-state index in [-0.39, 0.29) is 11.3 Å². The molecule has 124 valence electrons. The van der Waals surface area contributed by atoms with Gasteiger partial charge >= 0.3 is 5.63 Å². The molecule has 0 saturated heterocycles. The zero-order valence-electron chi connectivity index (χ0n) is 13.5. The number of ether oxygens (including phenoxy) is 1. The third-order valence-corrected chi connectivity index (χ3v) is 5.87. The summed E-state index contributed by atoms with van der Waals surface area (Å²) in [6.45, 7) is 0. The highest BCUT2D eigenvalue weighted by Crippen LogP contribution is 2.60. The van der Waals surface area contributed by atoms with Gasteiger partial charge in [0.2, 0.25) is 5.88 Å². The van der Waals surface area contributed by atoms with Crippen molar-refractivity contribution in [3.63, 3.8) is 0 Å². The minimum Gasteiger partial charge on any atom is -0.439 e. The van der Waals surface area contributed by atoms with E-state index in [1.165, 1.54) is 0 Å². The molecule has 0 radical (unpaired) electrons. The van der Waals surface area contributed by atoms with Crippen LogP contribution in [0, 0.1) is 22.7 Å². The van der Waals surface area contributed by atoms with Crippen LogP contribution >= 0.6 is 0 Å². The predicted molar refractivity (Wildman–Crippen MR) is 91.6 cm³/mol. The fourth-order valence-corrected chi connectivity index (χ4v) is 4.79. The number of benzene rings is 1. The first-order chi connectivity index (χ1) is 12.1. The van der Waals surface area contributed by atoms with Gasteiger partial charge in [-0.25, -0.2) is 4.79 Å². The molecule has 5 rings (SSSR count). The zero-order chi connectivity index (χ0) is 17.2. The molecule has 1 fully saturated rings. The first kappa shape index (κ1) is 14.4. The lowest BCUT2D eigenvalue weighted by Crippen LogP contribution is -2.34. The van der Waals surface area contributed by atoms with E-state index in [1.54, 1.807) is 12.1 Å². The van der Waals surface area contributed by atoms with Crippen LogP contribution in [-0.2, 0) is 0 Å². The summed E-state index contributed by atoms with van der Waals surface area (Å²) < 4.78 is 11.3. The van der Waals surface area contributed by atoms with Crippen molar-refractivity contribution in [2.45, 2.75) is 25.2 Å². The van der Waals surface area contributed by atoms with E-state index in [0.717, 1.165) is 19.3 Å². The van der Waals surface area contributed by atoms with Gasteiger partial charge in [0.05, 0.1) is 16.5 Å². The topological polar surface area (TPSA) is 89.3 Å².